The van der Waals surface area contributed by atoms with E-state index in [0.29, 0.717) is 18.6 Å². The van der Waals surface area contributed by atoms with Crippen molar-refractivity contribution in [1.29, 1.82) is 0 Å². The largest absolute Gasteiger partial charge is 0.449 e. The van der Waals surface area contributed by atoms with Gasteiger partial charge in [0, 0.05) is 12.6 Å². The van der Waals surface area contributed by atoms with Crippen LogP contribution in [-0.2, 0) is 36.4 Å². The van der Waals surface area contributed by atoms with Crippen LogP contribution in [-0.4, -0.2) is 38.9 Å². The lowest BCUT2D eigenvalue weighted by atomic mass is 9.87. The maximum atomic E-state index is 13.9. The summed E-state index contributed by atoms with van der Waals surface area (Å²) in [6.07, 6.45) is -15.2. The van der Waals surface area contributed by atoms with E-state index in [-0.39, 0.29) is 49.3 Å². The summed E-state index contributed by atoms with van der Waals surface area (Å²) >= 11 is 0. The van der Waals surface area contributed by atoms with E-state index in [1.165, 1.54) is 9.80 Å². The van der Waals surface area contributed by atoms with Crippen LogP contribution >= 0.6 is 0 Å². The second-order valence-corrected chi connectivity index (χ2v) is 10.4. The van der Waals surface area contributed by atoms with Gasteiger partial charge in [-0.25, -0.2) is 4.79 Å². The minimum atomic E-state index is -5.13. The molecule has 0 spiro atoms. The van der Waals surface area contributed by atoms with Gasteiger partial charge in [0.25, 0.3) is 5.95 Å². The van der Waals surface area contributed by atoms with Gasteiger partial charge in [0.1, 0.15) is 0 Å². The number of anilines is 2. The molecule has 4 rings (SSSR count). The lowest BCUT2D eigenvalue weighted by molar-refractivity contribution is -0.143. The highest BCUT2D eigenvalue weighted by Crippen LogP contribution is 2.46. The number of benzene rings is 2. The molecule has 1 aliphatic rings. The van der Waals surface area contributed by atoms with Gasteiger partial charge in [0.2, 0.25) is 0 Å². The number of amides is 1. The third-order valence-electron chi connectivity index (χ3n) is 7.27. The lowest BCUT2D eigenvalue weighted by Crippen LogP contribution is -2.48. The molecule has 0 unspecified atom stereocenters. The number of hydrogen-bond acceptors (Lipinski definition) is 6. The molecule has 246 valence electrons. The fourth-order valence-electron chi connectivity index (χ4n) is 5.26. The van der Waals surface area contributed by atoms with E-state index in [9.17, 15) is 44.3 Å². The van der Waals surface area contributed by atoms with Gasteiger partial charge in [-0.15, -0.1) is 5.10 Å². The van der Waals surface area contributed by atoms with Gasteiger partial charge >= 0.3 is 24.6 Å². The van der Waals surface area contributed by atoms with Crippen LogP contribution in [0.4, 0.5) is 55.9 Å². The van der Waals surface area contributed by atoms with Crippen LogP contribution in [0.2, 0.25) is 0 Å². The highest BCUT2D eigenvalue weighted by atomic mass is 19.4. The Kier molecular flexibility index (Phi) is 9.59. The van der Waals surface area contributed by atoms with Crippen molar-refractivity contribution in [2.75, 3.05) is 16.4 Å². The van der Waals surface area contributed by atoms with Crippen molar-refractivity contribution in [3.63, 3.8) is 0 Å². The Labute approximate surface area is 251 Å². The van der Waals surface area contributed by atoms with Crippen LogP contribution < -0.4 is 9.80 Å². The molecule has 0 radical (unpaired) electrons. The molecule has 0 fully saturated rings. The Bertz CT molecular complexity index is 1470. The number of nitrogens with zero attached hydrogens (tertiary/aromatic N) is 6. The van der Waals surface area contributed by atoms with E-state index < -0.39 is 65.5 Å². The molecule has 1 aromatic heterocycles. The van der Waals surface area contributed by atoms with E-state index in [1.54, 1.807) is 20.8 Å². The number of carbonyl (C=O) groups excluding carboxylic acids is 1. The maximum absolute atomic E-state index is 13.9. The summed E-state index contributed by atoms with van der Waals surface area (Å²) in [6.45, 7) is 4.63. The average Bonchev–Trinajstić information content (AvgIpc) is 3.42. The van der Waals surface area contributed by atoms with Gasteiger partial charge in [-0.05, 0) is 78.9 Å². The van der Waals surface area contributed by atoms with Crippen molar-refractivity contribution in [3.05, 3.63) is 64.2 Å². The lowest BCUT2D eigenvalue weighted by Gasteiger charge is -2.43. The molecule has 1 aliphatic heterocycles. The number of tetrazole rings is 1. The molecule has 8 nitrogen and oxygen atoms in total. The Morgan fingerprint density at radius 1 is 0.911 bits per heavy atom. The summed E-state index contributed by atoms with van der Waals surface area (Å²) in [5.41, 5.74) is -4.67. The summed E-state index contributed by atoms with van der Waals surface area (Å²) in [5, 5.41) is 12.1. The second-order valence-electron chi connectivity index (χ2n) is 10.4. The first-order valence-electron chi connectivity index (χ1n) is 14.0. The monoisotopic (exact) mass is 652 g/mol. The Morgan fingerprint density at radius 2 is 1.53 bits per heavy atom. The van der Waals surface area contributed by atoms with Gasteiger partial charge in [-0.3, -0.25) is 4.90 Å². The van der Waals surface area contributed by atoms with Crippen LogP contribution in [0.1, 0.15) is 73.9 Å². The number of rotatable bonds is 8. The first-order chi connectivity index (χ1) is 21.0. The smallest absolute Gasteiger partial charge is 0.416 e. The molecule has 0 saturated heterocycles. The summed E-state index contributed by atoms with van der Waals surface area (Å²) in [6, 6.07) is 1.92. The topological polar surface area (TPSA) is 76.4 Å². The fourth-order valence-corrected chi connectivity index (χ4v) is 5.26. The minimum Gasteiger partial charge on any atom is -0.449 e. The van der Waals surface area contributed by atoms with Gasteiger partial charge in [0.15, 0.2) is 0 Å². The number of ether oxygens (including phenoxy) is 1. The molecular weight excluding hydrogens is 623 g/mol. The summed E-state index contributed by atoms with van der Waals surface area (Å²) in [5.74, 6) is -0.234. The van der Waals surface area contributed by atoms with Crippen LogP contribution in [0, 0.1) is 0 Å². The number of carbonyl (C=O) groups is 1. The Morgan fingerprint density at radius 3 is 2.07 bits per heavy atom. The zero-order valence-electron chi connectivity index (χ0n) is 24.3. The number of aromatic nitrogens is 4. The zero-order chi connectivity index (χ0) is 33.3. The van der Waals surface area contributed by atoms with Crippen LogP contribution in [0.15, 0.2) is 36.4 Å². The Balaban J connectivity index is 1.95. The van der Waals surface area contributed by atoms with Crippen molar-refractivity contribution in [1.82, 2.24) is 20.2 Å². The molecule has 0 bridgehead atoms. The summed E-state index contributed by atoms with van der Waals surface area (Å²) in [7, 11) is 0. The minimum absolute atomic E-state index is 0.0144. The third kappa shape index (κ3) is 7.44. The molecule has 45 heavy (non-hydrogen) atoms. The SMILES string of the molecule is CCCn1nnc(N(Cc2cc(C(F)(F)F)cc(C(F)(F)F)c2)[C@H]2C[C@@H](CC)N(C(=O)OCC)c3ccc(C(F)(F)F)cc32)n1. The van der Waals surface area contributed by atoms with Crippen LogP contribution in [0.5, 0.6) is 0 Å². The van der Waals surface area contributed by atoms with E-state index >= 15 is 0 Å². The average molecular weight is 653 g/mol. The fraction of sp³-hybridized carbons (Fsp3) is 0.500. The molecule has 0 N–H and O–H groups in total. The highest BCUT2D eigenvalue weighted by Gasteiger charge is 2.43. The van der Waals surface area contributed by atoms with Crippen molar-refractivity contribution in [2.45, 2.75) is 83.7 Å². The molecule has 2 atom stereocenters. The maximum Gasteiger partial charge on any atom is 0.416 e. The van der Waals surface area contributed by atoms with E-state index in [0.717, 1.165) is 23.0 Å². The molecular formula is C28H29F9N6O2. The van der Waals surface area contributed by atoms with Gasteiger partial charge in [0.05, 0.1) is 41.6 Å². The summed E-state index contributed by atoms with van der Waals surface area (Å²) < 4.78 is 129. The number of alkyl halides is 9. The van der Waals surface area contributed by atoms with Gasteiger partial charge in [-0.1, -0.05) is 18.9 Å². The van der Waals surface area contributed by atoms with E-state index in [1.807, 2.05) is 0 Å². The van der Waals surface area contributed by atoms with Crippen molar-refractivity contribution >= 4 is 17.7 Å². The normalized spacial score (nSPS) is 17.3. The van der Waals surface area contributed by atoms with Crippen LogP contribution in [0.25, 0.3) is 0 Å². The molecule has 1 amide bonds. The highest BCUT2D eigenvalue weighted by molar-refractivity contribution is 5.90. The molecule has 2 aromatic carbocycles. The number of aryl methyl sites for hydroxylation is 1. The van der Waals surface area contributed by atoms with E-state index in [4.69, 9.17) is 4.74 Å². The quantitative estimate of drug-likeness (QED) is 0.230. The second kappa shape index (κ2) is 12.7. The van der Waals surface area contributed by atoms with Gasteiger partial charge < -0.3 is 9.64 Å². The van der Waals surface area contributed by atoms with Crippen LogP contribution in [0.3, 0.4) is 0 Å². The number of hydrogen-bond donors (Lipinski definition) is 0. The van der Waals surface area contributed by atoms with Crippen molar-refractivity contribution < 1.29 is 49.0 Å². The standard InChI is InChI=1S/C28H29F9N6O2/c1-4-9-42-39-24(38-40-42)41(15-16-10-18(27(32,33)34)12-19(11-16)28(35,36)37)23-14-20(5-2)43(25(44)45-6-3)22-8-7-17(13-21(22)23)26(29,30)31/h7-8,10-13,20,23H,4-6,9,14-15H2,1-3H3/t20-,23+/m1/s1. The van der Waals surface area contributed by atoms with E-state index in [2.05, 4.69) is 15.4 Å². The predicted octanol–water partition coefficient (Wildman–Crippen LogP) is 8.03. The summed E-state index contributed by atoms with van der Waals surface area (Å²) in [4.78, 5) is 16.6. The number of fused-ring (bicyclic) bond motifs is 1. The Hall–Kier alpha value is -4.05. The first-order valence-corrected chi connectivity index (χ1v) is 14.0. The zero-order valence-corrected chi connectivity index (χ0v) is 24.3. The first kappa shape index (κ1) is 33.8. The third-order valence-corrected chi connectivity index (χ3v) is 7.27. The predicted molar refractivity (Wildman–Crippen MR) is 143 cm³/mol. The molecule has 0 saturated carbocycles. The molecule has 2 heterocycles. The molecule has 17 heteroatoms. The molecule has 0 aliphatic carbocycles. The van der Waals surface area contributed by atoms with Gasteiger partial charge in [-0.2, -0.15) is 44.3 Å². The van der Waals surface area contributed by atoms with Crippen molar-refractivity contribution in [3.8, 4) is 0 Å². The van der Waals surface area contributed by atoms with Crippen molar-refractivity contribution in [2.24, 2.45) is 0 Å². The molecule has 3 aromatic rings. The number of halogens is 9.